The summed E-state index contributed by atoms with van der Waals surface area (Å²) in [5, 5.41) is 14.0. The lowest BCUT2D eigenvalue weighted by molar-refractivity contribution is -0.142. The Morgan fingerprint density at radius 1 is 1.07 bits per heavy atom. The molecule has 40 heavy (non-hydrogen) atoms. The van der Waals surface area contributed by atoms with Crippen molar-refractivity contribution in [3.8, 4) is 0 Å². The zero-order chi connectivity index (χ0) is 30.0. The minimum Gasteiger partial charge on any atom is -0.481 e. The Morgan fingerprint density at radius 2 is 1.68 bits per heavy atom. The first kappa shape index (κ1) is 32.9. The number of amides is 3. The van der Waals surface area contributed by atoms with Crippen molar-refractivity contribution in [1.29, 1.82) is 0 Å². The molecule has 222 valence electrons. The minimum atomic E-state index is -3.71. The summed E-state index contributed by atoms with van der Waals surface area (Å²) in [6, 6.07) is 2.44. The fourth-order valence-electron chi connectivity index (χ4n) is 4.60. The van der Waals surface area contributed by atoms with E-state index in [1.54, 1.807) is 13.8 Å². The van der Waals surface area contributed by atoms with Gasteiger partial charge in [0.1, 0.15) is 18.4 Å². The van der Waals surface area contributed by atoms with Gasteiger partial charge in [-0.3, -0.25) is 19.2 Å². The third kappa shape index (κ3) is 8.34. The Hall–Kier alpha value is -3.32. The van der Waals surface area contributed by atoms with Gasteiger partial charge in [-0.2, -0.15) is 4.31 Å². The summed E-state index contributed by atoms with van der Waals surface area (Å²) in [7, 11) is -3.71. The highest BCUT2D eigenvalue weighted by atomic mass is 32.2. The van der Waals surface area contributed by atoms with Crippen molar-refractivity contribution in [2.45, 2.75) is 82.8 Å². The third-order valence-electron chi connectivity index (χ3n) is 6.64. The smallest absolute Gasteiger partial charge is 0.305 e. The van der Waals surface area contributed by atoms with E-state index < -0.39 is 58.3 Å². The molecule has 1 fully saturated rings. The zero-order valence-corrected chi connectivity index (χ0v) is 24.3. The predicted octanol–water partition coefficient (Wildman–Crippen LogP) is 1.40. The Morgan fingerprint density at radius 3 is 2.17 bits per heavy atom. The molecule has 1 heterocycles. The van der Waals surface area contributed by atoms with Gasteiger partial charge in [0.05, 0.1) is 17.4 Å². The number of aliphatic carboxylic acids is 1. The maximum Gasteiger partial charge on any atom is 0.305 e. The van der Waals surface area contributed by atoms with Crippen molar-refractivity contribution in [3.05, 3.63) is 29.8 Å². The van der Waals surface area contributed by atoms with Crippen LogP contribution in [0.3, 0.4) is 0 Å². The molecule has 13 heteroatoms. The second kappa shape index (κ2) is 14.9. The van der Waals surface area contributed by atoms with Crippen LogP contribution in [0.2, 0.25) is 0 Å². The molecule has 3 atom stereocenters. The summed E-state index contributed by atoms with van der Waals surface area (Å²) < 4.78 is 27.4. The largest absolute Gasteiger partial charge is 0.481 e. The van der Waals surface area contributed by atoms with Gasteiger partial charge in [-0.15, -0.1) is 0 Å². The van der Waals surface area contributed by atoms with Gasteiger partial charge in [0.15, 0.2) is 0 Å². The van der Waals surface area contributed by atoms with Crippen LogP contribution >= 0.6 is 0 Å². The number of benzene rings is 1. The molecule has 1 aliphatic rings. The molecule has 1 aliphatic heterocycles. The molecular weight excluding hydrogens is 540 g/mol. The fourth-order valence-corrected chi connectivity index (χ4v) is 6.22. The van der Waals surface area contributed by atoms with Gasteiger partial charge in [-0.05, 0) is 55.9 Å². The molecule has 12 nitrogen and oxygen atoms in total. The van der Waals surface area contributed by atoms with Crippen molar-refractivity contribution in [2.24, 2.45) is 5.92 Å². The van der Waals surface area contributed by atoms with Crippen molar-refractivity contribution < 1.29 is 37.5 Å². The molecule has 0 spiro atoms. The highest BCUT2D eigenvalue weighted by Crippen LogP contribution is 2.22. The summed E-state index contributed by atoms with van der Waals surface area (Å²) in [4.78, 5) is 62.9. The van der Waals surface area contributed by atoms with Crippen molar-refractivity contribution in [1.82, 2.24) is 19.8 Å². The number of nitrogens with zero attached hydrogens (tertiary/aromatic N) is 2. The molecule has 0 bridgehead atoms. The summed E-state index contributed by atoms with van der Waals surface area (Å²) >= 11 is 0. The molecule has 0 saturated carbocycles. The van der Waals surface area contributed by atoms with Crippen molar-refractivity contribution in [3.63, 3.8) is 0 Å². The number of hydrogen-bond acceptors (Lipinski definition) is 7. The average Bonchev–Trinajstić information content (AvgIpc) is 3.40. The molecule has 1 aromatic rings. The first-order valence-electron chi connectivity index (χ1n) is 13.6. The maximum absolute atomic E-state index is 13.5. The molecule has 3 N–H and O–H groups in total. The number of rotatable bonds is 15. The molecule has 1 saturated heterocycles. The van der Waals surface area contributed by atoms with E-state index in [1.807, 2.05) is 13.8 Å². The Labute approximate surface area is 235 Å². The van der Waals surface area contributed by atoms with E-state index in [2.05, 4.69) is 10.6 Å². The molecule has 3 amide bonds. The van der Waals surface area contributed by atoms with E-state index >= 15 is 0 Å². The average molecular weight is 581 g/mol. The molecular formula is C27H40N4O8S. The van der Waals surface area contributed by atoms with Crippen LogP contribution in [0.25, 0.3) is 0 Å². The number of sulfonamides is 1. The monoisotopic (exact) mass is 580 g/mol. The van der Waals surface area contributed by atoms with Gasteiger partial charge >= 0.3 is 5.97 Å². The van der Waals surface area contributed by atoms with E-state index in [0.717, 1.165) is 0 Å². The molecule has 2 rings (SSSR count). The molecule has 1 aromatic carbocycles. The van der Waals surface area contributed by atoms with Gasteiger partial charge in [0, 0.05) is 25.2 Å². The first-order valence-corrected chi connectivity index (χ1v) is 15.0. The molecule has 0 aliphatic carbocycles. The van der Waals surface area contributed by atoms with Crippen molar-refractivity contribution >= 4 is 40.0 Å². The SMILES string of the molecule is CCCN(CCC)S(=O)(=O)c1ccc(C(=O)N[C@H](C(=O)N2CCC[C@H]2C(=O)N[C@H](C=O)CC(=O)O)C(C)C)cc1. The second-order valence-electron chi connectivity index (χ2n) is 10.2. The highest BCUT2D eigenvalue weighted by Gasteiger charge is 2.39. The van der Waals surface area contributed by atoms with Gasteiger partial charge < -0.3 is 25.4 Å². The number of nitrogens with one attached hydrogen (secondary N) is 2. The van der Waals surface area contributed by atoms with Crippen LogP contribution in [0.5, 0.6) is 0 Å². The number of carboxylic acids is 1. The summed E-state index contributed by atoms with van der Waals surface area (Å²) in [5.41, 5.74) is 0.174. The molecule has 0 aromatic heterocycles. The van der Waals surface area contributed by atoms with Gasteiger partial charge in [0.2, 0.25) is 21.8 Å². The Bertz CT molecular complexity index is 1160. The maximum atomic E-state index is 13.5. The van der Waals surface area contributed by atoms with Gasteiger partial charge in [-0.1, -0.05) is 27.7 Å². The fraction of sp³-hybridized carbons (Fsp3) is 0.593. The first-order chi connectivity index (χ1) is 18.9. The number of likely N-dealkylation sites (tertiary alicyclic amines) is 1. The number of carboxylic acid groups (broad SMARTS) is 1. The predicted molar refractivity (Wildman–Crippen MR) is 147 cm³/mol. The van der Waals surface area contributed by atoms with E-state index in [0.29, 0.717) is 45.1 Å². The summed E-state index contributed by atoms with van der Waals surface area (Å²) in [6.07, 6.45) is 1.96. The van der Waals surface area contributed by atoms with E-state index in [9.17, 15) is 32.4 Å². The molecule has 0 radical (unpaired) electrons. The van der Waals surface area contributed by atoms with Crippen LogP contribution in [0.15, 0.2) is 29.2 Å². The standard InChI is InChI=1S/C27H40N4O8S/c1-5-13-30(14-6-2)40(38,39)21-11-9-19(10-12-21)25(35)29-24(18(3)4)27(37)31-15-7-8-22(31)26(36)28-20(17-32)16-23(33)34/h9-12,17-18,20,22,24H,5-8,13-16H2,1-4H3,(H,28,36)(H,29,35)(H,33,34)/t20-,22-,24-/m0/s1. The topological polar surface area (TPSA) is 170 Å². The lowest BCUT2D eigenvalue weighted by Crippen LogP contribution is -2.56. The summed E-state index contributed by atoms with van der Waals surface area (Å²) in [5.74, 6) is -3.26. The highest BCUT2D eigenvalue weighted by molar-refractivity contribution is 7.89. The van der Waals surface area contributed by atoms with Crippen LogP contribution < -0.4 is 10.6 Å². The van der Waals surface area contributed by atoms with Crippen LogP contribution in [0.1, 0.15) is 70.2 Å². The second-order valence-corrected chi connectivity index (χ2v) is 12.1. The van der Waals surface area contributed by atoms with Crippen LogP contribution in [0, 0.1) is 5.92 Å². The van der Waals surface area contributed by atoms with Crippen molar-refractivity contribution in [2.75, 3.05) is 19.6 Å². The lowest BCUT2D eigenvalue weighted by atomic mass is 10.0. The van der Waals surface area contributed by atoms with Crippen LogP contribution in [0.4, 0.5) is 0 Å². The van der Waals surface area contributed by atoms with Gasteiger partial charge in [-0.25, -0.2) is 8.42 Å². The third-order valence-corrected chi connectivity index (χ3v) is 8.56. The number of aldehydes is 1. The van der Waals surface area contributed by atoms with Gasteiger partial charge in [0.25, 0.3) is 5.91 Å². The van der Waals surface area contributed by atoms with E-state index in [4.69, 9.17) is 5.11 Å². The zero-order valence-electron chi connectivity index (χ0n) is 23.5. The van der Waals surface area contributed by atoms with E-state index in [-0.39, 0.29) is 22.9 Å². The quantitative estimate of drug-likeness (QED) is 0.261. The lowest BCUT2D eigenvalue weighted by Gasteiger charge is -2.31. The normalized spacial score (nSPS) is 16.9. The number of carbonyl (C=O) groups is 5. The van der Waals surface area contributed by atoms with Crippen LogP contribution in [-0.4, -0.2) is 90.5 Å². The van der Waals surface area contributed by atoms with E-state index in [1.165, 1.54) is 33.5 Å². The number of hydrogen-bond donors (Lipinski definition) is 3. The Kier molecular flexibility index (Phi) is 12.2. The summed E-state index contributed by atoms with van der Waals surface area (Å²) in [6.45, 7) is 8.33. The molecule has 0 unspecified atom stereocenters. The minimum absolute atomic E-state index is 0.0740. The van der Waals surface area contributed by atoms with Crippen LogP contribution in [-0.2, 0) is 29.2 Å². The Balaban J connectivity index is 2.17. The number of carbonyl (C=O) groups excluding carboxylic acids is 4.